The summed E-state index contributed by atoms with van der Waals surface area (Å²) in [7, 11) is 0. The van der Waals surface area contributed by atoms with Crippen LogP contribution in [0.5, 0.6) is 0 Å². The Labute approximate surface area is 108 Å². The third-order valence-electron chi connectivity index (χ3n) is 3.39. The van der Waals surface area contributed by atoms with Gasteiger partial charge in [0.15, 0.2) is 0 Å². The van der Waals surface area contributed by atoms with Crippen LogP contribution < -0.4 is 5.73 Å². The minimum Gasteiger partial charge on any atom is -0.330 e. The van der Waals surface area contributed by atoms with Crippen LogP contribution in [0.15, 0.2) is 5.38 Å². The molecule has 2 N–H and O–H groups in total. The molecule has 0 amide bonds. The zero-order chi connectivity index (χ0) is 12.3. The van der Waals surface area contributed by atoms with Gasteiger partial charge in [-0.25, -0.2) is 4.98 Å². The molecule has 0 aromatic carbocycles. The summed E-state index contributed by atoms with van der Waals surface area (Å²) in [5.41, 5.74) is 7.00. The number of thiazole rings is 1. The van der Waals surface area contributed by atoms with Crippen molar-refractivity contribution in [3.63, 3.8) is 0 Å². The van der Waals surface area contributed by atoms with Crippen LogP contribution in [-0.2, 0) is 6.54 Å². The molecule has 2 heterocycles. The monoisotopic (exact) mass is 253 g/mol. The van der Waals surface area contributed by atoms with Crippen molar-refractivity contribution in [2.45, 2.75) is 39.2 Å². The standard InChI is InChI=1S/C13H23N3S/c1-10(2)13-15-12(9-17-13)8-16-5-3-4-11(6-14)7-16/h9-11H,3-8,14H2,1-2H3. The lowest BCUT2D eigenvalue weighted by molar-refractivity contribution is 0.169. The third-order valence-corrected chi connectivity index (χ3v) is 4.58. The van der Waals surface area contributed by atoms with Gasteiger partial charge < -0.3 is 5.73 Å². The summed E-state index contributed by atoms with van der Waals surface area (Å²) in [4.78, 5) is 7.20. The summed E-state index contributed by atoms with van der Waals surface area (Å²) in [6.45, 7) is 8.57. The Bertz CT molecular complexity index is 348. The Morgan fingerprint density at radius 1 is 1.59 bits per heavy atom. The molecule has 0 aliphatic carbocycles. The Morgan fingerprint density at radius 3 is 3.06 bits per heavy atom. The van der Waals surface area contributed by atoms with Crippen molar-refractivity contribution in [1.82, 2.24) is 9.88 Å². The van der Waals surface area contributed by atoms with Crippen LogP contribution in [0, 0.1) is 5.92 Å². The van der Waals surface area contributed by atoms with Crippen molar-refractivity contribution in [1.29, 1.82) is 0 Å². The number of hydrogen-bond acceptors (Lipinski definition) is 4. The largest absolute Gasteiger partial charge is 0.330 e. The minimum atomic E-state index is 0.548. The zero-order valence-corrected chi connectivity index (χ0v) is 11.7. The van der Waals surface area contributed by atoms with E-state index in [1.165, 1.54) is 30.1 Å². The molecule has 0 spiro atoms. The van der Waals surface area contributed by atoms with E-state index in [-0.39, 0.29) is 0 Å². The number of piperidine rings is 1. The lowest BCUT2D eigenvalue weighted by Gasteiger charge is -2.31. The van der Waals surface area contributed by atoms with E-state index in [9.17, 15) is 0 Å². The summed E-state index contributed by atoms with van der Waals surface area (Å²) in [6.07, 6.45) is 2.57. The summed E-state index contributed by atoms with van der Waals surface area (Å²) in [5.74, 6) is 1.24. The fourth-order valence-electron chi connectivity index (χ4n) is 2.38. The van der Waals surface area contributed by atoms with Crippen molar-refractivity contribution in [3.05, 3.63) is 16.1 Å². The van der Waals surface area contributed by atoms with Crippen molar-refractivity contribution in [2.75, 3.05) is 19.6 Å². The van der Waals surface area contributed by atoms with Crippen LogP contribution in [0.25, 0.3) is 0 Å². The van der Waals surface area contributed by atoms with Gasteiger partial charge in [0.1, 0.15) is 0 Å². The summed E-state index contributed by atoms with van der Waals surface area (Å²) in [6, 6.07) is 0. The molecule has 1 unspecified atom stereocenters. The number of nitrogens with zero attached hydrogens (tertiary/aromatic N) is 2. The van der Waals surface area contributed by atoms with Gasteiger partial charge in [0.25, 0.3) is 0 Å². The van der Waals surface area contributed by atoms with Gasteiger partial charge >= 0.3 is 0 Å². The first-order chi connectivity index (χ1) is 8.19. The second-order valence-corrected chi connectivity index (χ2v) is 6.20. The highest BCUT2D eigenvalue weighted by Crippen LogP contribution is 2.22. The fraction of sp³-hybridized carbons (Fsp3) is 0.769. The first kappa shape index (κ1) is 13.0. The van der Waals surface area contributed by atoms with Crippen LogP contribution in [0.3, 0.4) is 0 Å². The molecule has 1 aromatic rings. The number of aromatic nitrogens is 1. The van der Waals surface area contributed by atoms with E-state index in [0.717, 1.165) is 19.6 Å². The van der Waals surface area contributed by atoms with E-state index in [1.807, 2.05) is 0 Å². The molecule has 2 rings (SSSR count). The van der Waals surface area contributed by atoms with Crippen LogP contribution >= 0.6 is 11.3 Å². The van der Waals surface area contributed by atoms with Gasteiger partial charge in [0.2, 0.25) is 0 Å². The molecule has 0 radical (unpaired) electrons. The normalized spacial score (nSPS) is 22.2. The van der Waals surface area contributed by atoms with Gasteiger partial charge in [0.05, 0.1) is 10.7 Å². The Balaban J connectivity index is 1.91. The second-order valence-electron chi connectivity index (χ2n) is 5.31. The van der Waals surface area contributed by atoms with Crippen LogP contribution in [0.1, 0.15) is 43.3 Å². The molecule has 1 aliphatic rings. The summed E-state index contributed by atoms with van der Waals surface area (Å²) in [5, 5.41) is 3.47. The van der Waals surface area contributed by atoms with Crippen molar-refractivity contribution >= 4 is 11.3 Å². The first-order valence-electron chi connectivity index (χ1n) is 6.55. The molecular formula is C13H23N3S. The van der Waals surface area contributed by atoms with Crippen LogP contribution in [0.2, 0.25) is 0 Å². The first-order valence-corrected chi connectivity index (χ1v) is 7.43. The van der Waals surface area contributed by atoms with E-state index in [0.29, 0.717) is 11.8 Å². The lowest BCUT2D eigenvalue weighted by atomic mass is 9.98. The fourth-order valence-corrected chi connectivity index (χ4v) is 3.20. The topological polar surface area (TPSA) is 42.2 Å². The van der Waals surface area contributed by atoms with Gasteiger partial charge in [-0.15, -0.1) is 11.3 Å². The summed E-state index contributed by atoms with van der Waals surface area (Å²) < 4.78 is 0. The molecule has 4 heteroatoms. The van der Waals surface area contributed by atoms with Gasteiger partial charge in [-0.1, -0.05) is 13.8 Å². The number of hydrogen-bond donors (Lipinski definition) is 1. The molecule has 96 valence electrons. The van der Waals surface area contributed by atoms with Gasteiger partial charge in [-0.05, 0) is 31.8 Å². The molecule has 0 bridgehead atoms. The van der Waals surface area contributed by atoms with Gasteiger partial charge in [-0.3, -0.25) is 4.90 Å². The van der Waals surface area contributed by atoms with Gasteiger partial charge in [0, 0.05) is 24.4 Å². The molecular weight excluding hydrogens is 230 g/mol. The maximum absolute atomic E-state index is 5.76. The number of likely N-dealkylation sites (tertiary alicyclic amines) is 1. The van der Waals surface area contributed by atoms with E-state index in [4.69, 9.17) is 10.7 Å². The predicted octanol–water partition coefficient (Wildman–Crippen LogP) is 2.44. The molecule has 1 atom stereocenters. The number of rotatable bonds is 4. The van der Waals surface area contributed by atoms with Crippen LogP contribution in [-0.4, -0.2) is 29.5 Å². The van der Waals surface area contributed by atoms with E-state index < -0.39 is 0 Å². The van der Waals surface area contributed by atoms with Crippen molar-refractivity contribution < 1.29 is 0 Å². The average molecular weight is 253 g/mol. The maximum Gasteiger partial charge on any atom is 0.0954 e. The minimum absolute atomic E-state index is 0.548. The average Bonchev–Trinajstić information content (AvgIpc) is 2.78. The predicted molar refractivity (Wildman–Crippen MR) is 73.3 cm³/mol. The van der Waals surface area contributed by atoms with E-state index in [2.05, 4.69) is 24.1 Å². The van der Waals surface area contributed by atoms with E-state index >= 15 is 0 Å². The van der Waals surface area contributed by atoms with Crippen molar-refractivity contribution in [3.8, 4) is 0 Å². The molecule has 3 nitrogen and oxygen atoms in total. The Morgan fingerprint density at radius 2 is 2.41 bits per heavy atom. The van der Waals surface area contributed by atoms with Crippen LogP contribution in [0.4, 0.5) is 0 Å². The lowest BCUT2D eigenvalue weighted by Crippen LogP contribution is -2.37. The molecule has 1 aromatic heterocycles. The number of nitrogens with two attached hydrogens (primary N) is 1. The second kappa shape index (κ2) is 5.94. The maximum atomic E-state index is 5.76. The molecule has 17 heavy (non-hydrogen) atoms. The Hall–Kier alpha value is -0.450. The van der Waals surface area contributed by atoms with E-state index in [1.54, 1.807) is 11.3 Å². The van der Waals surface area contributed by atoms with Gasteiger partial charge in [-0.2, -0.15) is 0 Å². The smallest absolute Gasteiger partial charge is 0.0954 e. The molecule has 0 saturated carbocycles. The quantitative estimate of drug-likeness (QED) is 0.896. The molecule has 1 saturated heterocycles. The van der Waals surface area contributed by atoms with Crippen molar-refractivity contribution in [2.24, 2.45) is 11.7 Å². The molecule has 1 aliphatic heterocycles. The summed E-state index contributed by atoms with van der Waals surface area (Å²) >= 11 is 1.79. The highest BCUT2D eigenvalue weighted by atomic mass is 32.1. The highest BCUT2D eigenvalue weighted by molar-refractivity contribution is 7.09. The Kier molecular flexibility index (Phi) is 4.54. The zero-order valence-electron chi connectivity index (χ0n) is 10.9. The SMILES string of the molecule is CC(C)c1nc(CN2CCCC(CN)C2)cs1. The third kappa shape index (κ3) is 3.50. The molecule has 1 fully saturated rings. The highest BCUT2D eigenvalue weighted by Gasteiger charge is 2.19.